The van der Waals surface area contributed by atoms with Crippen molar-refractivity contribution in [2.75, 3.05) is 5.32 Å². The lowest BCUT2D eigenvalue weighted by molar-refractivity contribution is 0.102. The van der Waals surface area contributed by atoms with E-state index in [1.165, 1.54) is 6.07 Å². The first-order valence-corrected chi connectivity index (χ1v) is 9.49. The van der Waals surface area contributed by atoms with Gasteiger partial charge in [0.15, 0.2) is 23.3 Å². The maximum absolute atomic E-state index is 14.1. The first-order chi connectivity index (χ1) is 15.2. The van der Waals surface area contributed by atoms with E-state index in [-0.39, 0.29) is 5.56 Å². The standard InChI is InChI=1S/C22H15F5N4O/c1-3-31-9-13(10(2)30-31)15-8-12(11-6-4-5-7-14(11)28-15)22(32)29-21-19(26)17(24)16(23)18(25)20(21)27/h4-9H,3H2,1-2H3,(H,29,32). The Morgan fingerprint density at radius 1 is 1.00 bits per heavy atom. The molecule has 4 aromatic rings. The van der Waals surface area contributed by atoms with Crippen LogP contribution < -0.4 is 5.32 Å². The van der Waals surface area contributed by atoms with Crippen LogP contribution in [0.2, 0.25) is 0 Å². The Hall–Kier alpha value is -3.82. The van der Waals surface area contributed by atoms with E-state index in [2.05, 4.69) is 10.1 Å². The molecule has 0 fully saturated rings. The zero-order valence-electron chi connectivity index (χ0n) is 16.8. The summed E-state index contributed by atoms with van der Waals surface area (Å²) in [6.45, 7) is 4.25. The summed E-state index contributed by atoms with van der Waals surface area (Å²) in [6, 6.07) is 7.88. The molecule has 2 aromatic carbocycles. The van der Waals surface area contributed by atoms with Gasteiger partial charge in [-0.2, -0.15) is 5.10 Å². The van der Waals surface area contributed by atoms with Crippen LogP contribution in [0.4, 0.5) is 27.6 Å². The second-order valence-electron chi connectivity index (χ2n) is 6.96. The highest BCUT2D eigenvalue weighted by molar-refractivity contribution is 6.13. The monoisotopic (exact) mass is 446 g/mol. The number of rotatable bonds is 4. The van der Waals surface area contributed by atoms with E-state index in [4.69, 9.17) is 0 Å². The molecular weight excluding hydrogens is 431 g/mol. The van der Waals surface area contributed by atoms with Gasteiger partial charge in [0.25, 0.3) is 5.91 Å². The average molecular weight is 446 g/mol. The van der Waals surface area contributed by atoms with Crippen molar-refractivity contribution < 1.29 is 26.7 Å². The van der Waals surface area contributed by atoms with E-state index in [0.717, 1.165) is 0 Å². The summed E-state index contributed by atoms with van der Waals surface area (Å²) in [7, 11) is 0. The number of nitrogens with one attached hydrogen (secondary N) is 1. The number of nitrogens with zero attached hydrogens (tertiary/aromatic N) is 3. The number of amides is 1. The summed E-state index contributed by atoms with van der Waals surface area (Å²) in [4.78, 5) is 17.5. The third-order valence-corrected chi connectivity index (χ3v) is 4.96. The van der Waals surface area contributed by atoms with Crippen LogP contribution in [0.15, 0.2) is 36.5 Å². The van der Waals surface area contributed by atoms with Crippen molar-refractivity contribution >= 4 is 22.5 Å². The highest BCUT2D eigenvalue weighted by Gasteiger charge is 2.27. The van der Waals surface area contributed by atoms with Gasteiger partial charge in [-0.15, -0.1) is 0 Å². The zero-order valence-corrected chi connectivity index (χ0v) is 16.8. The van der Waals surface area contributed by atoms with Crippen molar-refractivity contribution in [3.63, 3.8) is 0 Å². The Morgan fingerprint density at radius 3 is 2.25 bits per heavy atom. The second kappa shape index (κ2) is 8.03. The molecular formula is C22H15F5N4O. The molecule has 164 valence electrons. The van der Waals surface area contributed by atoms with Crippen LogP contribution in [0.3, 0.4) is 0 Å². The normalized spacial score (nSPS) is 11.2. The van der Waals surface area contributed by atoms with Gasteiger partial charge in [0.05, 0.1) is 22.5 Å². The first-order valence-electron chi connectivity index (χ1n) is 9.49. The summed E-state index contributed by atoms with van der Waals surface area (Å²) >= 11 is 0. The van der Waals surface area contributed by atoms with Crippen molar-refractivity contribution in [2.24, 2.45) is 0 Å². The van der Waals surface area contributed by atoms with E-state index in [1.807, 2.05) is 12.2 Å². The van der Waals surface area contributed by atoms with Crippen LogP contribution >= 0.6 is 0 Å². The number of halogens is 5. The molecule has 2 heterocycles. The van der Waals surface area contributed by atoms with E-state index in [0.29, 0.717) is 34.4 Å². The van der Waals surface area contributed by atoms with Crippen LogP contribution in [0, 0.1) is 36.0 Å². The smallest absolute Gasteiger partial charge is 0.256 e. The molecule has 10 heteroatoms. The minimum Gasteiger partial charge on any atom is -0.317 e. The number of anilines is 1. The lowest BCUT2D eigenvalue weighted by Gasteiger charge is -2.12. The van der Waals surface area contributed by atoms with Gasteiger partial charge in [0.1, 0.15) is 5.69 Å². The summed E-state index contributed by atoms with van der Waals surface area (Å²) in [6.07, 6.45) is 1.73. The molecule has 4 rings (SSSR count). The predicted octanol–water partition coefficient (Wildman–Crippen LogP) is 5.37. The van der Waals surface area contributed by atoms with Gasteiger partial charge < -0.3 is 5.32 Å². The Bertz CT molecular complexity index is 1350. The number of benzene rings is 2. The maximum atomic E-state index is 14.1. The molecule has 2 aromatic heterocycles. The largest absolute Gasteiger partial charge is 0.317 e. The minimum atomic E-state index is -2.31. The van der Waals surface area contributed by atoms with Crippen molar-refractivity contribution in [3.8, 4) is 11.3 Å². The Kier molecular flexibility index (Phi) is 5.37. The lowest BCUT2D eigenvalue weighted by Crippen LogP contribution is -2.17. The summed E-state index contributed by atoms with van der Waals surface area (Å²) in [5, 5.41) is 6.49. The van der Waals surface area contributed by atoms with Crippen LogP contribution in [-0.2, 0) is 6.54 Å². The van der Waals surface area contributed by atoms with Crippen molar-refractivity contribution in [2.45, 2.75) is 20.4 Å². The Balaban J connectivity index is 1.86. The Labute approximate surface area is 178 Å². The number of hydrogen-bond acceptors (Lipinski definition) is 3. The molecule has 0 saturated carbocycles. The first kappa shape index (κ1) is 21.4. The molecule has 0 spiro atoms. The fraction of sp³-hybridized carbons (Fsp3) is 0.136. The number of para-hydroxylation sites is 1. The summed E-state index contributed by atoms with van der Waals surface area (Å²) in [5.74, 6) is -11.9. The second-order valence-corrected chi connectivity index (χ2v) is 6.96. The number of aryl methyl sites for hydroxylation is 2. The van der Waals surface area contributed by atoms with Crippen molar-refractivity contribution in [1.29, 1.82) is 0 Å². The number of hydrogen-bond donors (Lipinski definition) is 1. The van der Waals surface area contributed by atoms with Gasteiger partial charge in [0, 0.05) is 23.7 Å². The fourth-order valence-corrected chi connectivity index (χ4v) is 3.33. The van der Waals surface area contributed by atoms with Crippen LogP contribution in [0.1, 0.15) is 23.0 Å². The van der Waals surface area contributed by atoms with Gasteiger partial charge in [-0.25, -0.2) is 26.9 Å². The highest BCUT2D eigenvalue weighted by Crippen LogP contribution is 2.30. The van der Waals surface area contributed by atoms with E-state index in [9.17, 15) is 26.7 Å². The number of carbonyl (C=O) groups excluding carboxylic acids is 1. The van der Waals surface area contributed by atoms with Gasteiger partial charge in [-0.05, 0) is 26.0 Å². The molecule has 0 aliphatic heterocycles. The van der Waals surface area contributed by atoms with Crippen molar-refractivity contribution in [3.05, 3.63) is 76.9 Å². The number of fused-ring (bicyclic) bond motifs is 1. The molecule has 32 heavy (non-hydrogen) atoms. The molecule has 0 radical (unpaired) electrons. The molecule has 0 aliphatic rings. The topological polar surface area (TPSA) is 59.8 Å². The molecule has 1 amide bonds. The predicted molar refractivity (Wildman–Crippen MR) is 108 cm³/mol. The summed E-state index contributed by atoms with van der Waals surface area (Å²) < 4.78 is 70.2. The van der Waals surface area contributed by atoms with Crippen LogP contribution in [-0.4, -0.2) is 20.7 Å². The van der Waals surface area contributed by atoms with Gasteiger partial charge in [-0.1, -0.05) is 18.2 Å². The van der Waals surface area contributed by atoms with Gasteiger partial charge in [0.2, 0.25) is 5.82 Å². The number of pyridine rings is 1. The van der Waals surface area contributed by atoms with Gasteiger partial charge in [-0.3, -0.25) is 9.48 Å². The summed E-state index contributed by atoms with van der Waals surface area (Å²) in [5.41, 5.74) is 0.547. The fourth-order valence-electron chi connectivity index (χ4n) is 3.33. The third kappa shape index (κ3) is 3.47. The molecule has 0 aliphatic carbocycles. The van der Waals surface area contributed by atoms with Crippen LogP contribution in [0.5, 0.6) is 0 Å². The maximum Gasteiger partial charge on any atom is 0.256 e. The zero-order chi connectivity index (χ0) is 23.2. The van der Waals surface area contributed by atoms with E-state index >= 15 is 0 Å². The molecule has 0 atom stereocenters. The molecule has 0 unspecified atom stereocenters. The van der Waals surface area contributed by atoms with Gasteiger partial charge >= 0.3 is 0 Å². The number of aromatic nitrogens is 3. The lowest BCUT2D eigenvalue weighted by atomic mass is 10.0. The SMILES string of the molecule is CCn1cc(-c2cc(C(=O)Nc3c(F)c(F)c(F)c(F)c3F)c3ccccc3n2)c(C)n1. The Morgan fingerprint density at radius 2 is 1.62 bits per heavy atom. The number of carbonyl (C=O) groups is 1. The van der Waals surface area contributed by atoms with E-state index < -0.39 is 40.7 Å². The minimum absolute atomic E-state index is 0.0572. The average Bonchev–Trinajstić information content (AvgIpc) is 3.19. The molecule has 0 bridgehead atoms. The molecule has 1 N–H and O–H groups in total. The quantitative estimate of drug-likeness (QED) is 0.260. The van der Waals surface area contributed by atoms with Crippen molar-refractivity contribution in [1.82, 2.24) is 14.8 Å². The van der Waals surface area contributed by atoms with Crippen LogP contribution in [0.25, 0.3) is 22.2 Å². The van der Waals surface area contributed by atoms with E-state index in [1.54, 1.807) is 42.1 Å². The highest BCUT2D eigenvalue weighted by atomic mass is 19.2. The third-order valence-electron chi connectivity index (χ3n) is 4.96. The molecule has 5 nitrogen and oxygen atoms in total. The molecule has 0 saturated heterocycles.